The standard InChI is InChI=1S/C8H20N2O3S/c1-3-10(14(2,12)13)7-4-5-9-6-8-11/h9,11H,3-8H2,1-2H3. The molecule has 0 aromatic carbocycles. The van der Waals surface area contributed by atoms with E-state index >= 15 is 0 Å². The Hall–Kier alpha value is -0.170. The molecule has 0 fully saturated rings. The van der Waals surface area contributed by atoms with Gasteiger partial charge in [0.15, 0.2) is 0 Å². The topological polar surface area (TPSA) is 69.6 Å². The normalized spacial score (nSPS) is 12.3. The lowest BCUT2D eigenvalue weighted by Gasteiger charge is -2.17. The van der Waals surface area contributed by atoms with E-state index < -0.39 is 10.0 Å². The van der Waals surface area contributed by atoms with Crippen LogP contribution in [0.15, 0.2) is 0 Å². The van der Waals surface area contributed by atoms with E-state index in [-0.39, 0.29) is 6.61 Å². The average molecular weight is 224 g/mol. The number of rotatable bonds is 8. The van der Waals surface area contributed by atoms with Gasteiger partial charge in [0.05, 0.1) is 12.9 Å². The first kappa shape index (κ1) is 13.8. The highest BCUT2D eigenvalue weighted by atomic mass is 32.2. The first-order valence-corrected chi connectivity index (χ1v) is 6.64. The monoisotopic (exact) mass is 224 g/mol. The number of aliphatic hydroxyl groups is 1. The zero-order valence-corrected chi connectivity index (χ0v) is 9.68. The Balaban J connectivity index is 3.65. The van der Waals surface area contributed by atoms with Crippen molar-refractivity contribution in [2.24, 2.45) is 0 Å². The zero-order valence-electron chi connectivity index (χ0n) is 8.86. The van der Waals surface area contributed by atoms with Crippen LogP contribution in [0.1, 0.15) is 13.3 Å². The molecule has 2 N–H and O–H groups in total. The van der Waals surface area contributed by atoms with Gasteiger partial charge in [-0.3, -0.25) is 0 Å². The van der Waals surface area contributed by atoms with Crippen molar-refractivity contribution in [1.29, 1.82) is 0 Å². The summed E-state index contributed by atoms with van der Waals surface area (Å²) in [4.78, 5) is 0. The van der Waals surface area contributed by atoms with E-state index in [1.165, 1.54) is 10.6 Å². The molecule has 0 unspecified atom stereocenters. The first-order chi connectivity index (χ1) is 6.52. The highest BCUT2D eigenvalue weighted by Crippen LogP contribution is 1.97. The minimum Gasteiger partial charge on any atom is -0.395 e. The molecule has 6 heteroatoms. The summed E-state index contributed by atoms with van der Waals surface area (Å²) in [5.41, 5.74) is 0. The Bertz CT molecular complexity index is 229. The Morgan fingerprint density at radius 3 is 2.43 bits per heavy atom. The number of nitrogens with zero attached hydrogens (tertiary/aromatic N) is 1. The highest BCUT2D eigenvalue weighted by molar-refractivity contribution is 7.88. The molecule has 0 aliphatic heterocycles. The van der Waals surface area contributed by atoms with Gasteiger partial charge in [-0.2, -0.15) is 0 Å². The van der Waals surface area contributed by atoms with Crippen molar-refractivity contribution < 1.29 is 13.5 Å². The molecule has 0 aromatic heterocycles. The Kier molecular flexibility index (Phi) is 7.08. The van der Waals surface area contributed by atoms with Gasteiger partial charge in [-0.25, -0.2) is 12.7 Å². The Labute approximate surface area is 86.2 Å². The number of aliphatic hydroxyl groups excluding tert-OH is 1. The van der Waals surface area contributed by atoms with Gasteiger partial charge in [-0.1, -0.05) is 6.92 Å². The molecule has 0 bridgehead atoms. The minimum absolute atomic E-state index is 0.115. The summed E-state index contributed by atoms with van der Waals surface area (Å²) in [6.45, 7) is 4.27. The minimum atomic E-state index is -3.05. The lowest BCUT2D eigenvalue weighted by Crippen LogP contribution is -2.32. The van der Waals surface area contributed by atoms with Crippen LogP contribution < -0.4 is 5.32 Å². The second-order valence-electron chi connectivity index (χ2n) is 3.08. The van der Waals surface area contributed by atoms with Crippen molar-refractivity contribution in [3.05, 3.63) is 0 Å². The number of nitrogens with one attached hydrogen (secondary N) is 1. The molecule has 14 heavy (non-hydrogen) atoms. The Morgan fingerprint density at radius 2 is 2.00 bits per heavy atom. The maximum atomic E-state index is 11.1. The molecule has 0 rings (SSSR count). The van der Waals surface area contributed by atoms with Crippen LogP contribution in [0.2, 0.25) is 0 Å². The van der Waals surface area contributed by atoms with Crippen LogP contribution in [-0.4, -0.2) is 56.9 Å². The number of hydrogen-bond donors (Lipinski definition) is 2. The third-order valence-electron chi connectivity index (χ3n) is 1.87. The highest BCUT2D eigenvalue weighted by Gasteiger charge is 2.12. The van der Waals surface area contributed by atoms with Crippen LogP contribution in [0.3, 0.4) is 0 Å². The van der Waals surface area contributed by atoms with Crippen molar-refractivity contribution in [2.45, 2.75) is 13.3 Å². The molecule has 0 amide bonds. The van der Waals surface area contributed by atoms with Crippen molar-refractivity contribution in [1.82, 2.24) is 9.62 Å². The van der Waals surface area contributed by atoms with Gasteiger partial charge in [0, 0.05) is 19.6 Å². The smallest absolute Gasteiger partial charge is 0.211 e. The summed E-state index contributed by atoms with van der Waals surface area (Å²) >= 11 is 0. The number of sulfonamides is 1. The van der Waals surface area contributed by atoms with E-state index in [0.717, 1.165) is 13.0 Å². The van der Waals surface area contributed by atoms with Gasteiger partial charge in [-0.15, -0.1) is 0 Å². The molecule has 0 radical (unpaired) electrons. The SMILES string of the molecule is CCN(CCCNCCO)S(C)(=O)=O. The van der Waals surface area contributed by atoms with E-state index in [0.29, 0.717) is 19.6 Å². The molecule has 0 saturated heterocycles. The van der Waals surface area contributed by atoms with Crippen LogP contribution >= 0.6 is 0 Å². The summed E-state index contributed by atoms with van der Waals surface area (Å²) in [6.07, 6.45) is 1.98. The predicted octanol–water partition coefficient (Wildman–Crippen LogP) is -0.760. The molecule has 0 aliphatic rings. The van der Waals surface area contributed by atoms with Crippen molar-refractivity contribution in [3.8, 4) is 0 Å². The maximum absolute atomic E-state index is 11.1. The van der Waals surface area contributed by atoms with Crippen LogP contribution in [-0.2, 0) is 10.0 Å². The molecule has 5 nitrogen and oxygen atoms in total. The fourth-order valence-electron chi connectivity index (χ4n) is 1.14. The molecule has 0 saturated carbocycles. The third-order valence-corrected chi connectivity index (χ3v) is 3.25. The van der Waals surface area contributed by atoms with E-state index in [9.17, 15) is 8.42 Å². The van der Waals surface area contributed by atoms with Gasteiger partial charge in [0.25, 0.3) is 0 Å². The quantitative estimate of drug-likeness (QED) is 0.532. The molecule has 0 aromatic rings. The van der Waals surface area contributed by atoms with E-state index in [1.54, 1.807) is 0 Å². The van der Waals surface area contributed by atoms with E-state index in [4.69, 9.17) is 5.11 Å². The van der Waals surface area contributed by atoms with E-state index in [1.807, 2.05) is 6.92 Å². The Morgan fingerprint density at radius 1 is 1.36 bits per heavy atom. The van der Waals surface area contributed by atoms with Crippen LogP contribution in [0.5, 0.6) is 0 Å². The summed E-state index contributed by atoms with van der Waals surface area (Å²) in [6, 6.07) is 0. The second kappa shape index (κ2) is 7.17. The molecule has 0 heterocycles. The molecule has 0 atom stereocenters. The van der Waals surface area contributed by atoms with Gasteiger partial charge in [0.1, 0.15) is 0 Å². The third kappa shape index (κ3) is 6.31. The van der Waals surface area contributed by atoms with Gasteiger partial charge in [0.2, 0.25) is 10.0 Å². The second-order valence-corrected chi connectivity index (χ2v) is 5.06. The van der Waals surface area contributed by atoms with Gasteiger partial charge in [-0.05, 0) is 13.0 Å². The van der Waals surface area contributed by atoms with Crippen LogP contribution in [0.4, 0.5) is 0 Å². The maximum Gasteiger partial charge on any atom is 0.211 e. The molecule has 86 valence electrons. The van der Waals surface area contributed by atoms with Crippen LogP contribution in [0, 0.1) is 0 Å². The fourth-order valence-corrected chi connectivity index (χ4v) is 2.07. The largest absolute Gasteiger partial charge is 0.395 e. The predicted molar refractivity (Wildman–Crippen MR) is 56.7 cm³/mol. The van der Waals surface area contributed by atoms with E-state index in [2.05, 4.69) is 5.32 Å². The summed E-state index contributed by atoms with van der Waals surface area (Å²) in [7, 11) is -3.05. The van der Waals surface area contributed by atoms with Gasteiger partial charge < -0.3 is 10.4 Å². The lowest BCUT2D eigenvalue weighted by molar-refractivity contribution is 0.291. The van der Waals surface area contributed by atoms with Crippen molar-refractivity contribution >= 4 is 10.0 Å². The van der Waals surface area contributed by atoms with Gasteiger partial charge >= 0.3 is 0 Å². The lowest BCUT2D eigenvalue weighted by atomic mass is 10.4. The molecular weight excluding hydrogens is 204 g/mol. The summed E-state index contributed by atoms with van der Waals surface area (Å²) in [5.74, 6) is 0. The molecular formula is C8H20N2O3S. The fraction of sp³-hybridized carbons (Fsp3) is 1.00. The average Bonchev–Trinajstić information content (AvgIpc) is 2.09. The molecule has 0 spiro atoms. The summed E-state index contributed by atoms with van der Waals surface area (Å²) < 4.78 is 23.7. The zero-order chi connectivity index (χ0) is 11.0. The number of hydrogen-bond acceptors (Lipinski definition) is 4. The molecule has 0 aliphatic carbocycles. The van der Waals surface area contributed by atoms with Crippen LogP contribution in [0.25, 0.3) is 0 Å². The first-order valence-electron chi connectivity index (χ1n) is 4.79. The van der Waals surface area contributed by atoms with Crippen molar-refractivity contribution in [2.75, 3.05) is 39.0 Å². The summed E-state index contributed by atoms with van der Waals surface area (Å²) in [5, 5.41) is 11.5. The van der Waals surface area contributed by atoms with Crippen molar-refractivity contribution in [3.63, 3.8) is 0 Å².